The van der Waals surface area contributed by atoms with Crippen LogP contribution in [-0.4, -0.2) is 37.4 Å². The van der Waals surface area contributed by atoms with Crippen molar-refractivity contribution in [1.29, 1.82) is 0 Å². The summed E-state index contributed by atoms with van der Waals surface area (Å²) in [5.41, 5.74) is 6.82. The van der Waals surface area contributed by atoms with Crippen LogP contribution in [0, 0.1) is 0 Å². The third kappa shape index (κ3) is 3.82. The van der Waals surface area contributed by atoms with Gasteiger partial charge in [-0.05, 0) is 44.1 Å². The first-order valence-electron chi connectivity index (χ1n) is 6.58. The lowest BCUT2D eigenvalue weighted by Gasteiger charge is -2.26. The third-order valence-corrected chi connectivity index (χ3v) is 4.39. The molecular weight excluding hydrogens is 244 g/mol. The van der Waals surface area contributed by atoms with Crippen LogP contribution >= 0.6 is 11.8 Å². The molecule has 1 heterocycles. The van der Waals surface area contributed by atoms with E-state index in [1.54, 1.807) is 7.11 Å². The summed E-state index contributed by atoms with van der Waals surface area (Å²) in [6.07, 6.45) is 4.10. The molecule has 4 heteroatoms. The number of piperidine rings is 1. The van der Waals surface area contributed by atoms with E-state index in [0.29, 0.717) is 0 Å². The average Bonchev–Trinajstić information content (AvgIpc) is 2.42. The molecule has 0 bridgehead atoms. The number of ether oxygens (including phenoxy) is 1. The first kappa shape index (κ1) is 13.6. The maximum absolute atomic E-state index is 5.97. The van der Waals surface area contributed by atoms with Crippen molar-refractivity contribution in [3.8, 4) is 5.75 Å². The SMILES string of the molecule is COc1ccc(N)c(SCCN2CCCCC2)c1. The molecular formula is C14H22N2OS. The van der Waals surface area contributed by atoms with Gasteiger partial charge in [-0.15, -0.1) is 11.8 Å². The van der Waals surface area contributed by atoms with E-state index in [4.69, 9.17) is 10.5 Å². The minimum atomic E-state index is 0.847. The van der Waals surface area contributed by atoms with Crippen LogP contribution in [0.2, 0.25) is 0 Å². The molecule has 1 saturated heterocycles. The Bertz CT molecular complexity index is 378. The van der Waals surface area contributed by atoms with Crippen molar-refractivity contribution in [3.05, 3.63) is 18.2 Å². The second-order valence-electron chi connectivity index (χ2n) is 4.65. The first-order valence-corrected chi connectivity index (χ1v) is 7.57. The molecule has 1 aliphatic heterocycles. The zero-order valence-electron chi connectivity index (χ0n) is 11.0. The number of nitrogens with zero attached hydrogens (tertiary/aromatic N) is 1. The van der Waals surface area contributed by atoms with Crippen LogP contribution in [0.1, 0.15) is 19.3 Å². The zero-order chi connectivity index (χ0) is 12.8. The van der Waals surface area contributed by atoms with Crippen LogP contribution in [0.3, 0.4) is 0 Å². The Morgan fingerprint density at radius 3 is 2.78 bits per heavy atom. The summed E-state index contributed by atoms with van der Waals surface area (Å²) >= 11 is 1.82. The largest absolute Gasteiger partial charge is 0.497 e. The Labute approximate surface area is 114 Å². The molecule has 18 heavy (non-hydrogen) atoms. The smallest absolute Gasteiger partial charge is 0.120 e. The van der Waals surface area contributed by atoms with Gasteiger partial charge in [0.05, 0.1) is 7.11 Å². The van der Waals surface area contributed by atoms with E-state index in [2.05, 4.69) is 4.90 Å². The highest BCUT2D eigenvalue weighted by molar-refractivity contribution is 7.99. The number of nitrogens with two attached hydrogens (primary N) is 1. The fraction of sp³-hybridized carbons (Fsp3) is 0.571. The van der Waals surface area contributed by atoms with Crippen LogP contribution in [-0.2, 0) is 0 Å². The van der Waals surface area contributed by atoms with E-state index >= 15 is 0 Å². The highest BCUT2D eigenvalue weighted by Gasteiger charge is 2.10. The number of anilines is 1. The molecule has 1 aromatic carbocycles. The van der Waals surface area contributed by atoms with Crippen molar-refractivity contribution in [2.45, 2.75) is 24.2 Å². The fourth-order valence-corrected chi connectivity index (χ4v) is 3.24. The number of hydrogen-bond acceptors (Lipinski definition) is 4. The van der Waals surface area contributed by atoms with Crippen molar-refractivity contribution >= 4 is 17.4 Å². The third-order valence-electron chi connectivity index (χ3n) is 3.33. The molecule has 0 atom stereocenters. The molecule has 1 aliphatic rings. The Hall–Kier alpha value is -0.870. The summed E-state index contributed by atoms with van der Waals surface area (Å²) < 4.78 is 5.23. The van der Waals surface area contributed by atoms with Gasteiger partial charge in [-0.3, -0.25) is 0 Å². The summed E-state index contributed by atoms with van der Waals surface area (Å²) in [5, 5.41) is 0. The van der Waals surface area contributed by atoms with Crippen LogP contribution in [0.4, 0.5) is 5.69 Å². The summed E-state index contributed by atoms with van der Waals surface area (Å²) in [4.78, 5) is 3.68. The normalized spacial score (nSPS) is 16.7. The zero-order valence-corrected chi connectivity index (χ0v) is 11.8. The molecule has 0 saturated carbocycles. The predicted octanol–water partition coefficient (Wildman–Crippen LogP) is 2.86. The minimum Gasteiger partial charge on any atom is -0.497 e. The van der Waals surface area contributed by atoms with Crippen molar-refractivity contribution < 1.29 is 4.74 Å². The second kappa shape index (κ2) is 6.90. The van der Waals surface area contributed by atoms with E-state index in [1.165, 1.54) is 32.4 Å². The number of methoxy groups -OCH3 is 1. The molecule has 1 aromatic rings. The molecule has 0 spiro atoms. The van der Waals surface area contributed by atoms with Gasteiger partial charge in [0.15, 0.2) is 0 Å². The van der Waals surface area contributed by atoms with Gasteiger partial charge < -0.3 is 15.4 Å². The van der Waals surface area contributed by atoms with Gasteiger partial charge in [0.2, 0.25) is 0 Å². The van der Waals surface area contributed by atoms with Gasteiger partial charge in [0.25, 0.3) is 0 Å². The lowest BCUT2D eigenvalue weighted by atomic mass is 10.1. The summed E-state index contributed by atoms with van der Waals surface area (Å²) in [6, 6.07) is 5.85. The second-order valence-corrected chi connectivity index (χ2v) is 5.79. The number of rotatable bonds is 5. The van der Waals surface area contributed by atoms with Gasteiger partial charge in [-0.1, -0.05) is 6.42 Å². The van der Waals surface area contributed by atoms with Crippen LogP contribution in [0.5, 0.6) is 5.75 Å². The van der Waals surface area contributed by atoms with E-state index in [0.717, 1.165) is 28.6 Å². The standard InChI is InChI=1S/C14H22N2OS/c1-17-12-5-6-13(15)14(11-12)18-10-9-16-7-3-2-4-8-16/h5-6,11H,2-4,7-10,15H2,1H3. The molecule has 0 unspecified atom stereocenters. The van der Waals surface area contributed by atoms with Crippen molar-refractivity contribution in [1.82, 2.24) is 4.90 Å². The van der Waals surface area contributed by atoms with E-state index in [-0.39, 0.29) is 0 Å². The molecule has 1 fully saturated rings. The van der Waals surface area contributed by atoms with Crippen LogP contribution < -0.4 is 10.5 Å². The van der Waals surface area contributed by atoms with Gasteiger partial charge in [0, 0.05) is 22.9 Å². The van der Waals surface area contributed by atoms with E-state index < -0.39 is 0 Å². The van der Waals surface area contributed by atoms with Crippen LogP contribution in [0.15, 0.2) is 23.1 Å². The highest BCUT2D eigenvalue weighted by atomic mass is 32.2. The number of hydrogen-bond donors (Lipinski definition) is 1. The van der Waals surface area contributed by atoms with Crippen molar-refractivity contribution in [2.24, 2.45) is 0 Å². The Kier molecular flexibility index (Phi) is 5.20. The number of thioether (sulfide) groups is 1. The molecule has 2 N–H and O–H groups in total. The van der Waals surface area contributed by atoms with E-state index in [1.807, 2.05) is 30.0 Å². The molecule has 100 valence electrons. The summed E-state index contributed by atoms with van der Waals surface area (Å²) in [5.74, 6) is 1.97. The molecule has 0 amide bonds. The monoisotopic (exact) mass is 266 g/mol. The quantitative estimate of drug-likeness (QED) is 0.657. The Morgan fingerprint density at radius 1 is 1.28 bits per heavy atom. The Morgan fingerprint density at radius 2 is 2.06 bits per heavy atom. The van der Waals surface area contributed by atoms with Gasteiger partial charge >= 0.3 is 0 Å². The van der Waals surface area contributed by atoms with Gasteiger partial charge in [-0.2, -0.15) is 0 Å². The molecule has 2 rings (SSSR count). The first-order chi connectivity index (χ1) is 8.79. The van der Waals surface area contributed by atoms with Crippen molar-refractivity contribution in [3.63, 3.8) is 0 Å². The molecule has 0 aliphatic carbocycles. The molecule has 0 aromatic heterocycles. The van der Waals surface area contributed by atoms with E-state index in [9.17, 15) is 0 Å². The summed E-state index contributed by atoms with van der Waals surface area (Å²) in [6.45, 7) is 3.67. The van der Waals surface area contributed by atoms with Crippen LogP contribution in [0.25, 0.3) is 0 Å². The van der Waals surface area contributed by atoms with Gasteiger partial charge in [-0.25, -0.2) is 0 Å². The van der Waals surface area contributed by atoms with Crippen molar-refractivity contribution in [2.75, 3.05) is 38.2 Å². The topological polar surface area (TPSA) is 38.5 Å². The van der Waals surface area contributed by atoms with Gasteiger partial charge in [0.1, 0.15) is 5.75 Å². The maximum atomic E-state index is 5.97. The minimum absolute atomic E-state index is 0.847. The lowest BCUT2D eigenvalue weighted by Crippen LogP contribution is -2.31. The molecule has 0 radical (unpaired) electrons. The summed E-state index contributed by atoms with van der Waals surface area (Å²) in [7, 11) is 1.69. The number of likely N-dealkylation sites (tertiary alicyclic amines) is 1. The maximum Gasteiger partial charge on any atom is 0.120 e. The average molecular weight is 266 g/mol. The fourth-order valence-electron chi connectivity index (χ4n) is 2.23. The number of nitrogen functional groups attached to an aromatic ring is 1. The highest BCUT2D eigenvalue weighted by Crippen LogP contribution is 2.29. The lowest BCUT2D eigenvalue weighted by molar-refractivity contribution is 0.242. The number of benzene rings is 1. The molecule has 3 nitrogen and oxygen atoms in total. The predicted molar refractivity (Wildman–Crippen MR) is 78.4 cm³/mol. The Balaban J connectivity index is 1.81.